The molecule has 8 heteroatoms. The summed E-state index contributed by atoms with van der Waals surface area (Å²) in [5, 5.41) is 12.7. The molecule has 2 rings (SSSR count). The van der Waals surface area contributed by atoms with Crippen LogP contribution in [0.2, 0.25) is 0 Å². The maximum absolute atomic E-state index is 13.8. The van der Waals surface area contributed by atoms with Crippen LogP contribution in [0.4, 0.5) is 0 Å². The number of hydrogen-bond acceptors (Lipinski definition) is 5. The van der Waals surface area contributed by atoms with Gasteiger partial charge in [-0.1, -0.05) is 47.5 Å². The summed E-state index contributed by atoms with van der Waals surface area (Å²) in [4.78, 5) is 44.5. The van der Waals surface area contributed by atoms with E-state index in [0.717, 1.165) is 45.2 Å². The van der Waals surface area contributed by atoms with E-state index in [9.17, 15) is 19.5 Å². The highest BCUT2D eigenvalue weighted by molar-refractivity contribution is 5.90. The summed E-state index contributed by atoms with van der Waals surface area (Å²) in [7, 11) is 3.78. The van der Waals surface area contributed by atoms with Crippen molar-refractivity contribution in [1.82, 2.24) is 20.0 Å². The molecule has 2 saturated heterocycles. The Morgan fingerprint density at radius 1 is 1.03 bits per heavy atom. The first kappa shape index (κ1) is 27.6. The first-order valence-corrected chi connectivity index (χ1v) is 12.6. The van der Waals surface area contributed by atoms with Crippen molar-refractivity contribution in [2.45, 2.75) is 97.3 Å². The Labute approximate surface area is 200 Å². The topological polar surface area (TPSA) is 93.2 Å². The minimum Gasteiger partial charge on any atom is -0.480 e. The summed E-state index contributed by atoms with van der Waals surface area (Å²) in [6, 6.07) is -1.49. The second-order valence-electron chi connectivity index (χ2n) is 11.4. The van der Waals surface area contributed by atoms with Gasteiger partial charge in [0, 0.05) is 19.6 Å². The first-order chi connectivity index (χ1) is 15.3. The average Bonchev–Trinajstić information content (AvgIpc) is 3.08. The molecule has 0 aromatic carbocycles. The van der Waals surface area contributed by atoms with Crippen molar-refractivity contribution in [2.24, 2.45) is 11.3 Å². The van der Waals surface area contributed by atoms with Crippen molar-refractivity contribution >= 4 is 17.8 Å². The van der Waals surface area contributed by atoms with E-state index in [1.54, 1.807) is 11.9 Å². The van der Waals surface area contributed by atoms with Crippen LogP contribution in [0.25, 0.3) is 0 Å². The molecule has 0 radical (unpaired) electrons. The van der Waals surface area contributed by atoms with Gasteiger partial charge in [-0.25, -0.2) is 0 Å². The molecule has 190 valence electrons. The van der Waals surface area contributed by atoms with Crippen LogP contribution in [0.5, 0.6) is 0 Å². The SMILES string of the molecule is CC(C)[C@@H](CN1CCC[C@H]1C(=O)O)N(C)C(=O)C(NC(=O)[C@H]1CCCCCN1C)C(C)(C)C. The molecule has 2 heterocycles. The zero-order valence-corrected chi connectivity index (χ0v) is 21.8. The van der Waals surface area contributed by atoms with Crippen molar-refractivity contribution in [3.63, 3.8) is 0 Å². The molecule has 2 aliphatic heterocycles. The van der Waals surface area contributed by atoms with E-state index in [2.05, 4.69) is 24.1 Å². The summed E-state index contributed by atoms with van der Waals surface area (Å²) >= 11 is 0. The summed E-state index contributed by atoms with van der Waals surface area (Å²) in [6.45, 7) is 12.2. The lowest BCUT2D eigenvalue weighted by Gasteiger charge is -2.40. The van der Waals surface area contributed by atoms with Gasteiger partial charge in [0.05, 0.1) is 6.04 Å². The molecule has 2 N–H and O–H groups in total. The van der Waals surface area contributed by atoms with E-state index in [1.807, 2.05) is 32.7 Å². The van der Waals surface area contributed by atoms with E-state index in [0.29, 0.717) is 13.0 Å². The van der Waals surface area contributed by atoms with Gasteiger partial charge in [-0.15, -0.1) is 0 Å². The Balaban J connectivity index is 2.18. The lowest BCUT2D eigenvalue weighted by atomic mass is 9.84. The van der Waals surface area contributed by atoms with E-state index >= 15 is 0 Å². The molecule has 2 aliphatic rings. The predicted molar refractivity (Wildman–Crippen MR) is 130 cm³/mol. The highest BCUT2D eigenvalue weighted by Crippen LogP contribution is 2.26. The number of carboxylic acid groups (broad SMARTS) is 1. The number of carboxylic acids is 1. The van der Waals surface area contributed by atoms with Crippen LogP contribution < -0.4 is 5.32 Å². The molecule has 0 aromatic heterocycles. The fraction of sp³-hybridized carbons (Fsp3) is 0.880. The monoisotopic (exact) mass is 466 g/mol. The molecule has 0 bridgehead atoms. The molecular weight excluding hydrogens is 420 g/mol. The Morgan fingerprint density at radius 2 is 1.67 bits per heavy atom. The third kappa shape index (κ3) is 7.15. The Bertz CT molecular complexity index is 690. The van der Waals surface area contributed by atoms with Gasteiger partial charge >= 0.3 is 5.97 Å². The highest BCUT2D eigenvalue weighted by atomic mass is 16.4. The van der Waals surface area contributed by atoms with E-state index in [4.69, 9.17) is 0 Å². The van der Waals surface area contributed by atoms with E-state index in [1.165, 1.54) is 0 Å². The van der Waals surface area contributed by atoms with Crippen LogP contribution in [0.3, 0.4) is 0 Å². The van der Waals surface area contributed by atoms with Gasteiger partial charge in [0.25, 0.3) is 0 Å². The highest BCUT2D eigenvalue weighted by Gasteiger charge is 2.40. The Hall–Kier alpha value is -1.67. The predicted octanol–water partition coefficient (Wildman–Crippen LogP) is 2.42. The minimum absolute atomic E-state index is 0.0762. The smallest absolute Gasteiger partial charge is 0.320 e. The van der Waals surface area contributed by atoms with Gasteiger partial charge in [0.15, 0.2) is 0 Å². The third-order valence-electron chi connectivity index (χ3n) is 7.41. The normalized spacial score (nSPS) is 24.8. The summed E-state index contributed by atoms with van der Waals surface area (Å²) in [5.74, 6) is -0.834. The van der Waals surface area contributed by atoms with Crippen molar-refractivity contribution in [3.05, 3.63) is 0 Å². The zero-order chi connectivity index (χ0) is 24.9. The van der Waals surface area contributed by atoms with Crippen LogP contribution in [0.1, 0.15) is 73.1 Å². The van der Waals surface area contributed by atoms with Gasteiger partial charge in [-0.2, -0.15) is 0 Å². The minimum atomic E-state index is -0.795. The number of carbonyl (C=O) groups is 3. The molecule has 0 spiro atoms. The molecule has 2 fully saturated rings. The van der Waals surface area contributed by atoms with Gasteiger partial charge in [0.2, 0.25) is 11.8 Å². The number of nitrogens with zero attached hydrogens (tertiary/aromatic N) is 3. The third-order valence-corrected chi connectivity index (χ3v) is 7.41. The lowest BCUT2D eigenvalue weighted by molar-refractivity contribution is -0.144. The van der Waals surface area contributed by atoms with Gasteiger partial charge in [-0.3, -0.25) is 24.2 Å². The maximum atomic E-state index is 13.8. The van der Waals surface area contributed by atoms with Crippen LogP contribution >= 0.6 is 0 Å². The molecule has 1 unspecified atom stereocenters. The van der Waals surface area contributed by atoms with Crippen LogP contribution in [0.15, 0.2) is 0 Å². The molecule has 0 aliphatic carbocycles. The zero-order valence-electron chi connectivity index (χ0n) is 21.8. The quantitative estimate of drug-likeness (QED) is 0.571. The van der Waals surface area contributed by atoms with Crippen LogP contribution in [0, 0.1) is 11.3 Å². The average molecular weight is 467 g/mol. The van der Waals surface area contributed by atoms with E-state index in [-0.39, 0.29) is 29.8 Å². The van der Waals surface area contributed by atoms with Crippen molar-refractivity contribution in [1.29, 1.82) is 0 Å². The standard InChI is InChI=1S/C25H46N4O4/c1-17(2)20(16-29-15-11-13-19(29)24(32)33)28(7)23(31)21(25(3,4)5)26-22(30)18-12-9-8-10-14-27(18)6/h17-21H,8-16H2,1-7H3,(H,26,30)(H,32,33)/t18-,19+,20-,21?/m1/s1. The summed E-state index contributed by atoms with van der Waals surface area (Å²) < 4.78 is 0. The maximum Gasteiger partial charge on any atom is 0.320 e. The van der Waals surface area contributed by atoms with Gasteiger partial charge < -0.3 is 15.3 Å². The Kier molecular flexibility index (Phi) is 9.73. The number of likely N-dealkylation sites (N-methyl/N-ethyl adjacent to an activating group) is 2. The number of likely N-dealkylation sites (tertiary alicyclic amines) is 2. The second kappa shape index (κ2) is 11.6. The van der Waals surface area contributed by atoms with Crippen LogP contribution in [-0.4, -0.2) is 95.5 Å². The number of amides is 2. The number of nitrogens with one attached hydrogen (secondary N) is 1. The molecule has 8 nitrogen and oxygen atoms in total. The lowest BCUT2D eigenvalue weighted by Crippen LogP contribution is -2.60. The summed E-state index contributed by atoms with van der Waals surface area (Å²) in [6.07, 6.45) is 5.55. The van der Waals surface area contributed by atoms with Crippen molar-refractivity contribution in [3.8, 4) is 0 Å². The van der Waals surface area contributed by atoms with Crippen LogP contribution in [-0.2, 0) is 14.4 Å². The van der Waals surface area contributed by atoms with Gasteiger partial charge in [-0.05, 0) is 57.2 Å². The molecule has 0 aromatic rings. The fourth-order valence-electron chi connectivity index (χ4n) is 5.18. The van der Waals surface area contributed by atoms with E-state index < -0.39 is 23.5 Å². The summed E-state index contributed by atoms with van der Waals surface area (Å²) in [5.41, 5.74) is -0.455. The first-order valence-electron chi connectivity index (χ1n) is 12.6. The number of carbonyl (C=O) groups excluding carboxylic acids is 2. The molecule has 0 saturated carbocycles. The molecule has 2 amide bonds. The molecular formula is C25H46N4O4. The molecule has 33 heavy (non-hydrogen) atoms. The van der Waals surface area contributed by atoms with Crippen molar-refractivity contribution < 1.29 is 19.5 Å². The molecule has 4 atom stereocenters. The largest absolute Gasteiger partial charge is 0.480 e. The van der Waals surface area contributed by atoms with Gasteiger partial charge in [0.1, 0.15) is 12.1 Å². The number of hydrogen-bond donors (Lipinski definition) is 2. The number of aliphatic carboxylic acids is 1. The fourth-order valence-corrected chi connectivity index (χ4v) is 5.18. The van der Waals surface area contributed by atoms with Crippen molar-refractivity contribution in [2.75, 3.05) is 33.7 Å². The second-order valence-corrected chi connectivity index (χ2v) is 11.4. The number of rotatable bonds is 8. The Morgan fingerprint density at radius 3 is 2.24 bits per heavy atom.